The van der Waals surface area contributed by atoms with Gasteiger partial charge in [0.1, 0.15) is 0 Å². The Morgan fingerprint density at radius 2 is 1.65 bits per heavy atom. The summed E-state index contributed by atoms with van der Waals surface area (Å²) in [6.45, 7) is 4.50. The second-order valence-electron chi connectivity index (χ2n) is 6.49. The fraction of sp³-hybridized carbons (Fsp3) is 0.381. The molecule has 138 valence electrons. The van der Waals surface area contributed by atoms with Crippen LogP contribution in [0.25, 0.3) is 0 Å². The van der Waals surface area contributed by atoms with E-state index in [1.54, 1.807) is 18.2 Å². The molecule has 1 saturated heterocycles. The Balaban J connectivity index is 1.35. The summed E-state index contributed by atoms with van der Waals surface area (Å²) in [5.74, 6) is -0.123. The second kappa shape index (κ2) is 9.34. The first-order valence-corrected chi connectivity index (χ1v) is 9.14. The number of piperazine rings is 1. The summed E-state index contributed by atoms with van der Waals surface area (Å²) >= 11 is 0. The summed E-state index contributed by atoms with van der Waals surface area (Å²) in [6.07, 6.45) is 1.31. The topological polar surface area (TPSA) is 32.8 Å². The molecule has 0 radical (unpaired) electrons. The fourth-order valence-corrected chi connectivity index (χ4v) is 3.12. The van der Waals surface area contributed by atoms with Gasteiger partial charge in [0.2, 0.25) is 5.91 Å². The highest BCUT2D eigenvalue weighted by atomic mass is 19.1. The third-order valence-electron chi connectivity index (χ3n) is 4.69. The molecule has 1 amide bonds. The molecule has 1 aliphatic heterocycles. The number of benzene rings is 2. The minimum atomic E-state index is -0.396. The summed E-state index contributed by atoms with van der Waals surface area (Å²) in [5, 5.41) is 0. The van der Waals surface area contributed by atoms with E-state index in [1.807, 2.05) is 11.0 Å². The summed E-state index contributed by atoms with van der Waals surface area (Å²) in [6, 6.07) is 16.7. The number of carbonyl (C=O) groups is 1. The van der Waals surface area contributed by atoms with E-state index in [1.165, 1.54) is 11.6 Å². The quantitative estimate of drug-likeness (QED) is 0.765. The molecule has 3 rings (SSSR count). The predicted molar refractivity (Wildman–Crippen MR) is 99.7 cm³/mol. The van der Waals surface area contributed by atoms with Crippen molar-refractivity contribution in [3.63, 3.8) is 0 Å². The molecule has 0 saturated carbocycles. The van der Waals surface area contributed by atoms with Crippen molar-refractivity contribution in [3.05, 3.63) is 66.0 Å². The third kappa shape index (κ3) is 5.30. The molecular formula is C21H25FN2O2. The number of carbonyl (C=O) groups excluding carboxylic acids is 1. The van der Waals surface area contributed by atoms with Crippen LogP contribution in [0.1, 0.15) is 12.0 Å². The zero-order valence-corrected chi connectivity index (χ0v) is 14.9. The Morgan fingerprint density at radius 1 is 0.962 bits per heavy atom. The van der Waals surface area contributed by atoms with Gasteiger partial charge in [-0.1, -0.05) is 42.5 Å². The number of hydrogen-bond donors (Lipinski definition) is 0. The minimum absolute atomic E-state index is 0.0732. The third-order valence-corrected chi connectivity index (χ3v) is 4.69. The van der Waals surface area contributed by atoms with Crippen molar-refractivity contribution in [2.75, 3.05) is 39.3 Å². The van der Waals surface area contributed by atoms with Crippen LogP contribution in [0.5, 0.6) is 5.75 Å². The largest absolute Gasteiger partial charge is 0.490 e. The van der Waals surface area contributed by atoms with Crippen LogP contribution in [0.2, 0.25) is 0 Å². The molecule has 26 heavy (non-hydrogen) atoms. The first-order valence-electron chi connectivity index (χ1n) is 9.14. The van der Waals surface area contributed by atoms with Gasteiger partial charge in [0.15, 0.2) is 11.6 Å². The van der Waals surface area contributed by atoms with E-state index >= 15 is 0 Å². The van der Waals surface area contributed by atoms with Gasteiger partial charge in [-0.3, -0.25) is 9.69 Å². The first-order chi connectivity index (χ1) is 12.7. The summed E-state index contributed by atoms with van der Waals surface area (Å²) < 4.78 is 18.9. The highest BCUT2D eigenvalue weighted by Crippen LogP contribution is 2.15. The van der Waals surface area contributed by atoms with Crippen molar-refractivity contribution in [3.8, 4) is 5.75 Å². The number of para-hydroxylation sites is 1. The van der Waals surface area contributed by atoms with E-state index in [0.717, 1.165) is 39.1 Å². The lowest BCUT2D eigenvalue weighted by Gasteiger charge is -2.34. The van der Waals surface area contributed by atoms with Crippen LogP contribution >= 0.6 is 0 Å². The average Bonchev–Trinajstić information content (AvgIpc) is 2.69. The van der Waals surface area contributed by atoms with Crippen LogP contribution in [0, 0.1) is 5.82 Å². The lowest BCUT2D eigenvalue weighted by Crippen LogP contribution is -2.49. The average molecular weight is 356 g/mol. The van der Waals surface area contributed by atoms with Gasteiger partial charge in [-0.2, -0.15) is 0 Å². The van der Waals surface area contributed by atoms with Crippen molar-refractivity contribution in [2.24, 2.45) is 0 Å². The smallest absolute Gasteiger partial charge is 0.226 e. The van der Waals surface area contributed by atoms with Gasteiger partial charge in [0.05, 0.1) is 13.0 Å². The van der Waals surface area contributed by atoms with Crippen molar-refractivity contribution in [2.45, 2.75) is 12.8 Å². The van der Waals surface area contributed by atoms with Gasteiger partial charge in [-0.25, -0.2) is 4.39 Å². The monoisotopic (exact) mass is 356 g/mol. The van der Waals surface area contributed by atoms with Crippen LogP contribution in [0.4, 0.5) is 4.39 Å². The SMILES string of the molecule is O=C(CCOc1ccccc1F)N1CCN(CCc2ccccc2)CC1. The fourth-order valence-electron chi connectivity index (χ4n) is 3.12. The molecule has 4 nitrogen and oxygen atoms in total. The maximum Gasteiger partial charge on any atom is 0.226 e. The summed E-state index contributed by atoms with van der Waals surface area (Å²) in [4.78, 5) is 16.6. The summed E-state index contributed by atoms with van der Waals surface area (Å²) in [5.41, 5.74) is 1.34. The van der Waals surface area contributed by atoms with Crippen LogP contribution in [0.3, 0.4) is 0 Å². The van der Waals surface area contributed by atoms with Crippen LogP contribution < -0.4 is 4.74 Å². The Labute approximate surface area is 154 Å². The molecule has 5 heteroatoms. The molecule has 0 atom stereocenters. The second-order valence-corrected chi connectivity index (χ2v) is 6.49. The van der Waals surface area contributed by atoms with Gasteiger partial charge in [-0.15, -0.1) is 0 Å². The van der Waals surface area contributed by atoms with Crippen molar-refractivity contribution in [1.29, 1.82) is 0 Å². The van der Waals surface area contributed by atoms with Crippen molar-refractivity contribution in [1.82, 2.24) is 9.80 Å². The van der Waals surface area contributed by atoms with Crippen molar-refractivity contribution >= 4 is 5.91 Å². The zero-order valence-electron chi connectivity index (χ0n) is 14.9. The lowest BCUT2D eigenvalue weighted by atomic mass is 10.1. The Kier molecular flexibility index (Phi) is 6.61. The maximum absolute atomic E-state index is 13.5. The highest BCUT2D eigenvalue weighted by Gasteiger charge is 2.20. The van der Waals surface area contributed by atoms with E-state index in [2.05, 4.69) is 29.2 Å². The molecule has 0 unspecified atom stereocenters. The maximum atomic E-state index is 13.5. The molecule has 1 aliphatic rings. The number of halogens is 1. The first kappa shape index (κ1) is 18.4. The molecule has 1 heterocycles. The molecule has 2 aromatic rings. The van der Waals surface area contributed by atoms with E-state index < -0.39 is 5.82 Å². The molecule has 0 bridgehead atoms. The van der Waals surface area contributed by atoms with Gasteiger partial charge in [0.25, 0.3) is 0 Å². The normalized spacial score (nSPS) is 15.0. The number of ether oxygens (including phenoxy) is 1. The Bertz CT molecular complexity index is 700. The number of nitrogens with zero attached hydrogens (tertiary/aromatic N) is 2. The predicted octanol–water partition coefficient (Wildman–Crippen LogP) is 2.98. The molecule has 1 fully saturated rings. The van der Waals surface area contributed by atoms with Crippen LogP contribution in [-0.4, -0.2) is 55.0 Å². The zero-order chi connectivity index (χ0) is 18.2. The Morgan fingerprint density at radius 3 is 2.38 bits per heavy atom. The van der Waals surface area contributed by atoms with E-state index in [4.69, 9.17) is 4.74 Å². The van der Waals surface area contributed by atoms with E-state index in [9.17, 15) is 9.18 Å². The lowest BCUT2D eigenvalue weighted by molar-refractivity contribution is -0.133. The van der Waals surface area contributed by atoms with Gasteiger partial charge in [-0.05, 0) is 24.1 Å². The van der Waals surface area contributed by atoms with E-state index in [0.29, 0.717) is 0 Å². The highest BCUT2D eigenvalue weighted by molar-refractivity contribution is 5.76. The van der Waals surface area contributed by atoms with E-state index in [-0.39, 0.29) is 24.7 Å². The van der Waals surface area contributed by atoms with Crippen LogP contribution in [-0.2, 0) is 11.2 Å². The van der Waals surface area contributed by atoms with Gasteiger partial charge < -0.3 is 9.64 Å². The van der Waals surface area contributed by atoms with Crippen molar-refractivity contribution < 1.29 is 13.9 Å². The Hall–Kier alpha value is -2.40. The number of rotatable bonds is 7. The standard InChI is InChI=1S/C21H25FN2O2/c22-19-8-4-5-9-20(19)26-17-11-21(25)24-15-13-23(14-16-24)12-10-18-6-2-1-3-7-18/h1-9H,10-17H2. The molecule has 2 aromatic carbocycles. The number of hydrogen-bond acceptors (Lipinski definition) is 3. The summed E-state index contributed by atoms with van der Waals surface area (Å²) in [7, 11) is 0. The molecule has 0 aliphatic carbocycles. The van der Waals surface area contributed by atoms with Gasteiger partial charge in [0, 0.05) is 32.7 Å². The molecule has 0 aromatic heterocycles. The number of amides is 1. The van der Waals surface area contributed by atoms with Crippen LogP contribution in [0.15, 0.2) is 54.6 Å². The van der Waals surface area contributed by atoms with Gasteiger partial charge >= 0.3 is 0 Å². The molecular weight excluding hydrogens is 331 g/mol. The molecule has 0 N–H and O–H groups in total. The molecule has 0 spiro atoms. The minimum Gasteiger partial charge on any atom is -0.490 e.